The number of carbonyl (C=O) groups is 3. The van der Waals surface area contributed by atoms with E-state index in [1.54, 1.807) is 12.1 Å². The lowest BCUT2D eigenvalue weighted by Gasteiger charge is -2.57. The van der Waals surface area contributed by atoms with Crippen molar-refractivity contribution in [3.8, 4) is 17.6 Å². The molecule has 40 heavy (non-hydrogen) atoms. The summed E-state index contributed by atoms with van der Waals surface area (Å²) in [6.07, 6.45) is 9.18. The van der Waals surface area contributed by atoms with Crippen LogP contribution in [0, 0.1) is 29.1 Å². The first-order valence-corrected chi connectivity index (χ1v) is 14.6. The Hall–Kier alpha value is -3.64. The number of imide groups is 2. The number of carbonyl (C=O) groups excluding carboxylic acids is 3. The number of nitrogens with zero attached hydrogens (tertiary/aromatic N) is 2. The van der Waals surface area contributed by atoms with Crippen molar-refractivity contribution >= 4 is 45.5 Å². The molecule has 5 aliphatic rings. The fourth-order valence-corrected chi connectivity index (χ4v) is 8.24. The summed E-state index contributed by atoms with van der Waals surface area (Å²) in [5, 5.41) is 11.2. The Labute approximate surface area is 241 Å². The van der Waals surface area contributed by atoms with Gasteiger partial charge in [-0.05, 0) is 126 Å². The molecule has 4 bridgehead atoms. The van der Waals surface area contributed by atoms with Gasteiger partial charge in [0.1, 0.15) is 11.6 Å². The molecule has 8 nitrogen and oxygen atoms in total. The van der Waals surface area contributed by atoms with Gasteiger partial charge >= 0.3 is 6.03 Å². The summed E-state index contributed by atoms with van der Waals surface area (Å²) in [4.78, 5) is 40.1. The second-order valence-corrected chi connectivity index (χ2v) is 12.3. The molecule has 0 atom stereocenters. The van der Waals surface area contributed by atoms with E-state index in [-0.39, 0.29) is 17.6 Å². The molecule has 4 amide bonds. The smallest absolute Gasteiger partial charge is 0.335 e. The number of ether oxygens (including phenoxy) is 2. The number of nitriles is 1. The number of hydrogen-bond donors (Lipinski definition) is 1. The maximum absolute atomic E-state index is 13.5. The molecule has 9 heteroatoms. The van der Waals surface area contributed by atoms with E-state index in [4.69, 9.17) is 14.7 Å². The van der Waals surface area contributed by atoms with Gasteiger partial charge in [-0.15, -0.1) is 0 Å². The molecular formula is C31H30BrN3O5. The number of nitrogens with one attached hydrogen (secondary N) is 1. The van der Waals surface area contributed by atoms with Crippen LogP contribution in [0.15, 0.2) is 46.4 Å². The van der Waals surface area contributed by atoms with Crippen molar-refractivity contribution in [2.75, 3.05) is 18.1 Å². The van der Waals surface area contributed by atoms with Gasteiger partial charge < -0.3 is 9.47 Å². The Kier molecular flexibility index (Phi) is 6.91. The van der Waals surface area contributed by atoms with E-state index < -0.39 is 17.8 Å². The van der Waals surface area contributed by atoms with Crippen LogP contribution in [0.25, 0.3) is 6.08 Å². The molecule has 206 valence electrons. The molecule has 4 aliphatic carbocycles. The Morgan fingerprint density at radius 3 is 2.30 bits per heavy atom. The first-order chi connectivity index (χ1) is 19.3. The molecule has 5 fully saturated rings. The topological polar surface area (TPSA) is 109 Å². The zero-order valence-electron chi connectivity index (χ0n) is 22.2. The van der Waals surface area contributed by atoms with Crippen LogP contribution in [-0.2, 0) is 15.0 Å². The van der Waals surface area contributed by atoms with Gasteiger partial charge in [0.25, 0.3) is 11.8 Å². The maximum atomic E-state index is 13.5. The first-order valence-electron chi connectivity index (χ1n) is 13.8. The van der Waals surface area contributed by atoms with Crippen LogP contribution in [0.3, 0.4) is 0 Å². The number of anilines is 1. The average molecular weight is 605 g/mol. The second kappa shape index (κ2) is 10.4. The second-order valence-electron chi connectivity index (χ2n) is 11.4. The average Bonchev–Trinajstić information content (AvgIpc) is 2.90. The van der Waals surface area contributed by atoms with Crippen LogP contribution in [0.4, 0.5) is 10.5 Å². The highest BCUT2D eigenvalue weighted by atomic mass is 79.9. The molecule has 0 aromatic heterocycles. The Balaban J connectivity index is 1.28. The van der Waals surface area contributed by atoms with Crippen molar-refractivity contribution in [2.24, 2.45) is 17.8 Å². The summed E-state index contributed by atoms with van der Waals surface area (Å²) in [6.45, 7) is 1.98. The largest absolute Gasteiger partial charge is 0.490 e. The van der Waals surface area contributed by atoms with Crippen molar-refractivity contribution in [3.05, 3.63) is 57.6 Å². The third-order valence-corrected chi connectivity index (χ3v) is 9.39. The van der Waals surface area contributed by atoms with Crippen molar-refractivity contribution in [3.63, 3.8) is 0 Å². The number of barbiturate groups is 1. The fraction of sp³-hybridized carbons (Fsp3) is 0.419. The van der Waals surface area contributed by atoms with E-state index in [0.29, 0.717) is 33.8 Å². The molecule has 1 aliphatic heterocycles. The molecule has 1 saturated heterocycles. The lowest BCUT2D eigenvalue weighted by Crippen LogP contribution is -2.54. The van der Waals surface area contributed by atoms with E-state index in [1.165, 1.54) is 50.2 Å². The summed E-state index contributed by atoms with van der Waals surface area (Å²) in [6, 6.07) is 12.2. The number of hydrogen-bond acceptors (Lipinski definition) is 6. The van der Waals surface area contributed by atoms with E-state index in [2.05, 4.69) is 33.4 Å². The standard InChI is InChI=1S/C31H30BrN3O5/c1-2-39-26-14-18(13-25(32)27(26)40-8-7-33)12-24-28(36)34-30(38)35(29(24)37)23-5-3-22(4-6-23)31-15-19-9-20(16-31)11-21(10-19)17-31/h3-6,12-14,19-21H,2,8-11,15-17H2,1H3,(H,34,36,38)/b24-12-. The highest BCUT2D eigenvalue weighted by molar-refractivity contribution is 9.10. The van der Waals surface area contributed by atoms with Crippen molar-refractivity contribution in [1.29, 1.82) is 5.26 Å². The Morgan fingerprint density at radius 1 is 1.05 bits per heavy atom. The van der Waals surface area contributed by atoms with E-state index in [1.807, 2.05) is 25.1 Å². The quantitative estimate of drug-likeness (QED) is 0.312. The van der Waals surface area contributed by atoms with Gasteiger partial charge in [-0.1, -0.05) is 12.1 Å². The number of urea groups is 1. The lowest BCUT2D eigenvalue weighted by atomic mass is 9.48. The minimum absolute atomic E-state index is 0.168. The first kappa shape index (κ1) is 26.6. The molecule has 0 radical (unpaired) electrons. The zero-order chi connectivity index (χ0) is 28.0. The lowest BCUT2D eigenvalue weighted by molar-refractivity contribution is -0.122. The van der Waals surface area contributed by atoms with Gasteiger partial charge in [-0.3, -0.25) is 14.9 Å². The Morgan fingerprint density at radius 2 is 1.70 bits per heavy atom. The monoisotopic (exact) mass is 603 g/mol. The predicted molar refractivity (Wildman–Crippen MR) is 152 cm³/mol. The van der Waals surface area contributed by atoms with E-state index in [0.717, 1.165) is 22.7 Å². The van der Waals surface area contributed by atoms with Crippen LogP contribution in [0.1, 0.15) is 56.6 Å². The highest BCUT2D eigenvalue weighted by Crippen LogP contribution is 2.60. The van der Waals surface area contributed by atoms with E-state index in [9.17, 15) is 14.4 Å². The van der Waals surface area contributed by atoms with Crippen molar-refractivity contribution in [2.45, 2.75) is 50.9 Å². The molecule has 2 aromatic rings. The molecule has 0 unspecified atom stereocenters. The van der Waals surface area contributed by atoms with E-state index >= 15 is 0 Å². The third-order valence-electron chi connectivity index (χ3n) is 8.80. The van der Waals surface area contributed by atoms with Gasteiger partial charge in [0.15, 0.2) is 18.1 Å². The van der Waals surface area contributed by atoms with Gasteiger partial charge in [-0.2, -0.15) is 5.26 Å². The fourth-order valence-electron chi connectivity index (χ4n) is 7.67. The minimum Gasteiger partial charge on any atom is -0.490 e. The van der Waals surface area contributed by atoms with Crippen molar-refractivity contribution in [1.82, 2.24) is 5.32 Å². The van der Waals surface area contributed by atoms with Gasteiger partial charge in [0.2, 0.25) is 0 Å². The summed E-state index contributed by atoms with van der Waals surface area (Å²) >= 11 is 3.42. The van der Waals surface area contributed by atoms with Crippen LogP contribution in [0.2, 0.25) is 0 Å². The molecule has 4 saturated carbocycles. The van der Waals surface area contributed by atoms with Gasteiger partial charge in [0.05, 0.1) is 16.8 Å². The molecule has 2 aromatic carbocycles. The molecule has 0 spiro atoms. The summed E-state index contributed by atoms with van der Waals surface area (Å²) in [7, 11) is 0. The SMILES string of the molecule is CCOc1cc(/C=C2/C(=O)NC(=O)N(c3ccc(C45CC6CC(CC(C6)C4)C5)cc3)C2=O)cc(Br)c1OCC#N. The maximum Gasteiger partial charge on any atom is 0.335 e. The van der Waals surface area contributed by atoms with Gasteiger partial charge in [0, 0.05) is 0 Å². The summed E-state index contributed by atoms with van der Waals surface area (Å²) < 4.78 is 11.6. The number of amides is 4. The zero-order valence-corrected chi connectivity index (χ0v) is 23.8. The highest BCUT2D eigenvalue weighted by Gasteiger charge is 2.51. The summed E-state index contributed by atoms with van der Waals surface area (Å²) in [5.74, 6) is 1.68. The normalized spacial score (nSPS) is 28.0. The number of benzene rings is 2. The molecule has 7 rings (SSSR count). The van der Waals surface area contributed by atoms with Crippen LogP contribution in [-0.4, -0.2) is 31.1 Å². The van der Waals surface area contributed by atoms with Gasteiger partial charge in [-0.25, -0.2) is 9.69 Å². The summed E-state index contributed by atoms with van der Waals surface area (Å²) in [5.41, 5.74) is 2.23. The van der Waals surface area contributed by atoms with Crippen LogP contribution in [0.5, 0.6) is 11.5 Å². The third kappa shape index (κ3) is 4.68. The van der Waals surface area contributed by atoms with Crippen LogP contribution < -0.4 is 19.7 Å². The minimum atomic E-state index is -0.772. The predicted octanol–water partition coefficient (Wildman–Crippen LogP) is 5.88. The molecule has 1 heterocycles. The van der Waals surface area contributed by atoms with Crippen molar-refractivity contribution < 1.29 is 23.9 Å². The Bertz CT molecular complexity index is 1420. The number of rotatable bonds is 7. The molecule has 1 N–H and O–H groups in total. The molecular weight excluding hydrogens is 574 g/mol. The van der Waals surface area contributed by atoms with Crippen LogP contribution >= 0.6 is 15.9 Å². The number of halogens is 1.